The van der Waals surface area contributed by atoms with Gasteiger partial charge in [0.15, 0.2) is 0 Å². The average Bonchev–Trinajstić information content (AvgIpc) is 3.17. The number of rotatable bonds is 5. The summed E-state index contributed by atoms with van der Waals surface area (Å²) in [6, 6.07) is -0.855. The standard InChI is InChI=1S/C24H35NO8/c1-5-25-19-23-12-8-11-13(32-3)9-22(29,15(12)16(11)27)24(19,30)18(33-4)17(23)21(10-31-2,20(25)28)7-6-14(23)26/h11-15,17-19,26,29-30H,5-10H2,1-4H3/t11-,12-,13+,14+,15-,17-,18+,19?,21+,22-,23+,24-/m1/s1. The summed E-state index contributed by atoms with van der Waals surface area (Å²) in [5, 5.41) is 36.9. The first-order valence-electron chi connectivity index (χ1n) is 12.2. The summed E-state index contributed by atoms with van der Waals surface area (Å²) < 4.78 is 17.3. The summed E-state index contributed by atoms with van der Waals surface area (Å²) >= 11 is 0. The molecule has 1 spiro atoms. The maximum atomic E-state index is 14.1. The van der Waals surface area contributed by atoms with Crippen LogP contribution in [0, 0.1) is 34.5 Å². The molecule has 0 aromatic rings. The fourth-order valence-corrected chi connectivity index (χ4v) is 10.2. The van der Waals surface area contributed by atoms with Crippen molar-refractivity contribution in [3.63, 3.8) is 0 Å². The summed E-state index contributed by atoms with van der Waals surface area (Å²) in [6.45, 7) is 2.30. The fourth-order valence-electron chi connectivity index (χ4n) is 10.2. The highest BCUT2D eigenvalue weighted by Gasteiger charge is 2.92. The van der Waals surface area contributed by atoms with Crippen molar-refractivity contribution in [1.29, 1.82) is 0 Å². The molecule has 3 N–H and O–H groups in total. The molecule has 0 aromatic heterocycles. The average molecular weight is 466 g/mol. The number of aliphatic hydroxyl groups is 3. The number of hydrogen-bond acceptors (Lipinski definition) is 8. The van der Waals surface area contributed by atoms with Gasteiger partial charge >= 0.3 is 0 Å². The lowest BCUT2D eigenvalue weighted by atomic mass is 9.42. The minimum Gasteiger partial charge on any atom is -0.392 e. The van der Waals surface area contributed by atoms with Gasteiger partial charge in [-0.25, -0.2) is 0 Å². The number of ether oxygens (including phenoxy) is 3. The monoisotopic (exact) mass is 465 g/mol. The number of amides is 1. The van der Waals surface area contributed by atoms with E-state index in [0.717, 1.165) is 0 Å². The maximum absolute atomic E-state index is 14.1. The van der Waals surface area contributed by atoms with Crippen molar-refractivity contribution in [1.82, 2.24) is 4.90 Å². The van der Waals surface area contributed by atoms with E-state index in [1.54, 1.807) is 12.0 Å². The molecule has 9 heteroatoms. The van der Waals surface area contributed by atoms with E-state index in [1.165, 1.54) is 14.2 Å². The topological polar surface area (TPSA) is 126 Å². The number of ketones is 1. The number of methoxy groups -OCH3 is 3. The van der Waals surface area contributed by atoms with Crippen molar-refractivity contribution in [2.75, 3.05) is 34.5 Å². The minimum atomic E-state index is -1.93. The molecule has 184 valence electrons. The van der Waals surface area contributed by atoms with E-state index < -0.39 is 58.2 Å². The van der Waals surface area contributed by atoms with Gasteiger partial charge in [0.25, 0.3) is 0 Å². The highest BCUT2D eigenvalue weighted by molar-refractivity contribution is 5.92. The van der Waals surface area contributed by atoms with E-state index in [4.69, 9.17) is 14.2 Å². The molecule has 6 fully saturated rings. The smallest absolute Gasteiger partial charge is 0.231 e. The van der Waals surface area contributed by atoms with Crippen LogP contribution >= 0.6 is 0 Å². The van der Waals surface area contributed by atoms with Gasteiger partial charge in [-0.15, -0.1) is 0 Å². The molecule has 9 nitrogen and oxygen atoms in total. The van der Waals surface area contributed by atoms with Gasteiger partial charge in [0.2, 0.25) is 5.91 Å². The van der Waals surface area contributed by atoms with Crippen molar-refractivity contribution in [3.05, 3.63) is 0 Å². The van der Waals surface area contributed by atoms with Crippen LogP contribution in [0.5, 0.6) is 0 Å². The summed E-state index contributed by atoms with van der Waals surface area (Å²) in [5.41, 5.74) is -5.72. The van der Waals surface area contributed by atoms with Crippen LogP contribution in [-0.4, -0.2) is 102 Å². The number of aliphatic hydroxyl groups excluding tert-OH is 1. The molecule has 1 amide bonds. The second-order valence-corrected chi connectivity index (χ2v) is 11.3. The largest absolute Gasteiger partial charge is 0.392 e. The third kappa shape index (κ3) is 1.95. The molecule has 1 unspecified atom stereocenters. The van der Waals surface area contributed by atoms with E-state index in [-0.39, 0.29) is 36.6 Å². The van der Waals surface area contributed by atoms with Gasteiger partial charge in [-0.2, -0.15) is 0 Å². The first-order chi connectivity index (χ1) is 15.7. The Kier molecular flexibility index (Phi) is 4.45. The van der Waals surface area contributed by atoms with Gasteiger partial charge in [0, 0.05) is 51.5 Å². The maximum Gasteiger partial charge on any atom is 0.231 e. The molecule has 12 atom stereocenters. The number of likely N-dealkylation sites (tertiary alicyclic amines) is 1. The molecular weight excluding hydrogens is 430 g/mol. The van der Waals surface area contributed by atoms with Crippen LogP contribution in [-0.2, 0) is 23.8 Å². The third-order valence-electron chi connectivity index (χ3n) is 10.9. The molecule has 5 saturated carbocycles. The molecular formula is C24H35NO8. The molecule has 7 bridgehead atoms. The number of carbonyl (C=O) groups excluding carboxylic acids is 2. The van der Waals surface area contributed by atoms with E-state index >= 15 is 0 Å². The molecule has 0 aromatic carbocycles. The van der Waals surface area contributed by atoms with Crippen LogP contribution in [0.2, 0.25) is 0 Å². The molecule has 0 radical (unpaired) electrons. The molecule has 1 saturated heterocycles. The minimum absolute atomic E-state index is 0.0931. The lowest BCUT2D eigenvalue weighted by Crippen LogP contribution is -2.82. The lowest BCUT2D eigenvalue weighted by Gasteiger charge is -2.68. The van der Waals surface area contributed by atoms with E-state index in [2.05, 4.69) is 0 Å². The Balaban J connectivity index is 1.71. The van der Waals surface area contributed by atoms with Crippen LogP contribution in [0.15, 0.2) is 0 Å². The Bertz CT molecular complexity index is 913. The second-order valence-electron chi connectivity index (χ2n) is 11.3. The normalized spacial score (nSPS) is 58.2. The summed E-state index contributed by atoms with van der Waals surface area (Å²) in [5.74, 6) is -2.39. The van der Waals surface area contributed by atoms with E-state index in [0.29, 0.717) is 25.8 Å². The third-order valence-corrected chi connectivity index (χ3v) is 10.9. The predicted molar refractivity (Wildman–Crippen MR) is 113 cm³/mol. The Labute approximate surface area is 193 Å². The van der Waals surface area contributed by atoms with Crippen LogP contribution in [0.3, 0.4) is 0 Å². The summed E-state index contributed by atoms with van der Waals surface area (Å²) in [7, 11) is 4.57. The Morgan fingerprint density at radius 2 is 1.88 bits per heavy atom. The first-order valence-corrected chi connectivity index (χ1v) is 12.2. The number of piperidine rings is 1. The lowest BCUT2D eigenvalue weighted by molar-refractivity contribution is -0.292. The summed E-state index contributed by atoms with van der Waals surface area (Å²) in [6.07, 6.45) is -0.970. The predicted octanol–water partition coefficient (Wildman–Crippen LogP) is -0.648. The Hall–Kier alpha value is -1.10. The second kappa shape index (κ2) is 6.56. The van der Waals surface area contributed by atoms with Gasteiger partial charge in [-0.1, -0.05) is 0 Å². The number of carbonyl (C=O) groups is 2. The van der Waals surface area contributed by atoms with E-state index in [1.807, 2.05) is 6.92 Å². The van der Waals surface area contributed by atoms with Crippen molar-refractivity contribution in [2.24, 2.45) is 34.5 Å². The number of hydrogen-bond donors (Lipinski definition) is 3. The van der Waals surface area contributed by atoms with Crippen LogP contribution in [0.25, 0.3) is 0 Å². The highest BCUT2D eigenvalue weighted by atomic mass is 16.5. The fraction of sp³-hybridized carbons (Fsp3) is 0.917. The van der Waals surface area contributed by atoms with Gasteiger partial charge < -0.3 is 34.4 Å². The highest BCUT2D eigenvalue weighted by Crippen LogP contribution is 2.79. The zero-order chi connectivity index (χ0) is 23.7. The molecule has 6 aliphatic rings. The van der Waals surface area contributed by atoms with Crippen molar-refractivity contribution >= 4 is 11.7 Å². The molecule has 1 heterocycles. The van der Waals surface area contributed by atoms with Crippen LogP contribution in [0.4, 0.5) is 0 Å². The van der Waals surface area contributed by atoms with Crippen LogP contribution in [0.1, 0.15) is 32.6 Å². The van der Waals surface area contributed by atoms with Crippen molar-refractivity contribution < 1.29 is 39.1 Å². The Morgan fingerprint density at radius 1 is 1.15 bits per heavy atom. The summed E-state index contributed by atoms with van der Waals surface area (Å²) in [4.78, 5) is 29.4. The van der Waals surface area contributed by atoms with Crippen molar-refractivity contribution in [2.45, 2.75) is 68.2 Å². The van der Waals surface area contributed by atoms with E-state index in [9.17, 15) is 24.9 Å². The number of fused-ring (bicyclic) bond motifs is 2. The van der Waals surface area contributed by atoms with Crippen LogP contribution < -0.4 is 0 Å². The SMILES string of the molecule is CCN1C(=O)[C@]2(COC)CC[C@H](O)[C@]34C1[C@](O)([C@@H](OC)[C@H]23)[C@@]1(O)C[C@H](OC)[C@H]2C[C@@H]4[C@@H]1C2=O. The first kappa shape index (κ1) is 22.4. The number of likely N-dealkylation sites (N-methyl/N-ethyl adjacent to an activating group) is 1. The van der Waals surface area contributed by atoms with Crippen molar-refractivity contribution in [3.8, 4) is 0 Å². The molecule has 5 aliphatic carbocycles. The van der Waals surface area contributed by atoms with Gasteiger partial charge in [-0.05, 0) is 32.1 Å². The van der Waals surface area contributed by atoms with Gasteiger partial charge in [0.05, 0.1) is 42.3 Å². The molecule has 1 aliphatic heterocycles. The van der Waals surface area contributed by atoms with Gasteiger partial charge in [0.1, 0.15) is 17.0 Å². The Morgan fingerprint density at radius 3 is 2.48 bits per heavy atom. The number of nitrogens with zero attached hydrogens (tertiary/aromatic N) is 1. The zero-order valence-electron chi connectivity index (χ0n) is 19.7. The molecule has 6 rings (SSSR count). The number of Topliss-reactive ketones (excluding diaryl/α,β-unsaturated/α-hetero) is 1. The van der Waals surface area contributed by atoms with Gasteiger partial charge in [-0.3, -0.25) is 9.59 Å². The molecule has 33 heavy (non-hydrogen) atoms. The quantitative estimate of drug-likeness (QED) is 0.489. The zero-order valence-corrected chi connectivity index (χ0v) is 19.7.